The molecular weight excluding hydrogens is 216 g/mol. The van der Waals surface area contributed by atoms with Gasteiger partial charge in [-0.3, -0.25) is 0 Å². The molecule has 0 unspecified atom stereocenters. The molecular formula is C10H9ClN2S. The number of nitrogens with two attached hydrogens (primary N) is 1. The Balaban J connectivity index is 2.70. The summed E-state index contributed by atoms with van der Waals surface area (Å²) in [4.78, 5) is 5.39. The molecule has 0 saturated carbocycles. The number of rotatable bonds is 1. The molecule has 0 bridgehead atoms. The van der Waals surface area contributed by atoms with Crippen LogP contribution in [-0.4, -0.2) is 11.2 Å². The zero-order valence-electron chi connectivity index (χ0n) is 7.62. The number of anilines is 1. The summed E-state index contributed by atoms with van der Waals surface area (Å²) in [7, 11) is 0. The van der Waals surface area contributed by atoms with E-state index in [-0.39, 0.29) is 0 Å². The molecule has 1 heterocycles. The molecule has 2 aromatic rings. The van der Waals surface area contributed by atoms with E-state index in [4.69, 9.17) is 17.3 Å². The first-order chi connectivity index (χ1) is 6.70. The maximum absolute atomic E-state index is 5.87. The van der Waals surface area contributed by atoms with Crippen molar-refractivity contribution in [1.29, 1.82) is 0 Å². The third-order valence-electron chi connectivity index (χ3n) is 2.01. The molecule has 14 heavy (non-hydrogen) atoms. The summed E-state index contributed by atoms with van der Waals surface area (Å²) >= 11 is 7.55. The van der Waals surface area contributed by atoms with Gasteiger partial charge in [-0.25, -0.2) is 4.98 Å². The highest BCUT2D eigenvalue weighted by molar-refractivity contribution is 7.98. The van der Waals surface area contributed by atoms with E-state index in [1.807, 2.05) is 30.5 Å². The monoisotopic (exact) mass is 224 g/mol. The average Bonchev–Trinajstić information content (AvgIpc) is 2.19. The predicted octanol–water partition coefficient (Wildman–Crippen LogP) is 3.19. The topological polar surface area (TPSA) is 38.9 Å². The highest BCUT2D eigenvalue weighted by Gasteiger charge is 2.02. The molecule has 0 atom stereocenters. The fraction of sp³-hybridized carbons (Fsp3) is 0.100. The van der Waals surface area contributed by atoms with Gasteiger partial charge in [0.1, 0.15) is 5.82 Å². The molecule has 0 aliphatic carbocycles. The lowest BCUT2D eigenvalue weighted by Gasteiger charge is -2.02. The van der Waals surface area contributed by atoms with Crippen molar-refractivity contribution in [2.24, 2.45) is 0 Å². The predicted molar refractivity (Wildman–Crippen MR) is 62.9 cm³/mol. The van der Waals surface area contributed by atoms with Crippen LogP contribution in [0.25, 0.3) is 10.9 Å². The molecule has 1 aromatic heterocycles. The van der Waals surface area contributed by atoms with Crippen LogP contribution in [0.1, 0.15) is 0 Å². The number of hydrogen-bond donors (Lipinski definition) is 1. The number of nitrogens with zero attached hydrogens (tertiary/aromatic N) is 1. The Bertz CT molecular complexity index is 485. The van der Waals surface area contributed by atoms with E-state index < -0.39 is 0 Å². The minimum Gasteiger partial charge on any atom is -0.382 e. The van der Waals surface area contributed by atoms with Gasteiger partial charge in [-0.15, -0.1) is 11.8 Å². The van der Waals surface area contributed by atoms with E-state index in [0.29, 0.717) is 10.8 Å². The molecule has 2 N–H and O–H groups in total. The molecule has 0 aliphatic heterocycles. The van der Waals surface area contributed by atoms with Crippen LogP contribution in [0, 0.1) is 0 Å². The van der Waals surface area contributed by atoms with Gasteiger partial charge in [0.05, 0.1) is 10.5 Å². The quantitative estimate of drug-likeness (QED) is 0.757. The van der Waals surface area contributed by atoms with Gasteiger partial charge < -0.3 is 5.73 Å². The Hall–Kier alpha value is -0.930. The molecule has 0 fully saturated rings. The van der Waals surface area contributed by atoms with Crippen LogP contribution in [0.2, 0.25) is 5.02 Å². The summed E-state index contributed by atoms with van der Waals surface area (Å²) < 4.78 is 0. The standard InChI is InChI=1S/C10H9ClN2S/c1-14-7-3-2-6-4-8(11)10(12)13-9(6)5-7/h2-5H,1H3,(H2,12,13). The van der Waals surface area contributed by atoms with E-state index in [2.05, 4.69) is 4.98 Å². The Labute approximate surface area is 91.5 Å². The molecule has 0 amide bonds. The van der Waals surface area contributed by atoms with Crippen molar-refractivity contribution in [3.8, 4) is 0 Å². The van der Waals surface area contributed by atoms with Gasteiger partial charge in [0.2, 0.25) is 0 Å². The van der Waals surface area contributed by atoms with Crippen LogP contribution in [0.5, 0.6) is 0 Å². The van der Waals surface area contributed by atoms with E-state index in [0.717, 1.165) is 10.9 Å². The third kappa shape index (κ3) is 1.65. The lowest BCUT2D eigenvalue weighted by Crippen LogP contribution is -1.91. The number of benzene rings is 1. The van der Waals surface area contributed by atoms with Crippen LogP contribution >= 0.6 is 23.4 Å². The summed E-state index contributed by atoms with van der Waals surface area (Å²) in [6.45, 7) is 0. The SMILES string of the molecule is CSc1ccc2cc(Cl)c(N)nc2c1. The molecule has 0 spiro atoms. The number of pyridine rings is 1. The van der Waals surface area contributed by atoms with Crippen molar-refractivity contribution >= 4 is 40.1 Å². The van der Waals surface area contributed by atoms with Crippen LogP contribution in [0.4, 0.5) is 5.82 Å². The average molecular weight is 225 g/mol. The molecule has 0 radical (unpaired) electrons. The zero-order chi connectivity index (χ0) is 10.1. The lowest BCUT2D eigenvalue weighted by atomic mass is 10.2. The van der Waals surface area contributed by atoms with E-state index >= 15 is 0 Å². The van der Waals surface area contributed by atoms with E-state index in [9.17, 15) is 0 Å². The molecule has 2 nitrogen and oxygen atoms in total. The fourth-order valence-electron chi connectivity index (χ4n) is 1.26. The van der Waals surface area contributed by atoms with Crippen molar-refractivity contribution in [3.05, 3.63) is 29.3 Å². The van der Waals surface area contributed by atoms with Crippen molar-refractivity contribution in [2.45, 2.75) is 4.90 Å². The van der Waals surface area contributed by atoms with Gasteiger partial charge in [0, 0.05) is 10.3 Å². The number of aromatic nitrogens is 1. The van der Waals surface area contributed by atoms with Crippen LogP contribution < -0.4 is 5.73 Å². The Morgan fingerprint density at radius 2 is 2.14 bits per heavy atom. The minimum absolute atomic E-state index is 0.386. The van der Waals surface area contributed by atoms with Gasteiger partial charge in [-0.2, -0.15) is 0 Å². The molecule has 0 aliphatic rings. The van der Waals surface area contributed by atoms with Crippen molar-refractivity contribution in [3.63, 3.8) is 0 Å². The molecule has 1 aromatic carbocycles. The highest BCUT2D eigenvalue weighted by atomic mass is 35.5. The van der Waals surface area contributed by atoms with Crippen molar-refractivity contribution in [2.75, 3.05) is 12.0 Å². The second-order valence-electron chi connectivity index (χ2n) is 2.91. The number of thioether (sulfide) groups is 1. The zero-order valence-corrected chi connectivity index (χ0v) is 9.19. The minimum atomic E-state index is 0.386. The summed E-state index contributed by atoms with van der Waals surface area (Å²) in [5.74, 6) is 0.386. The second-order valence-corrected chi connectivity index (χ2v) is 4.20. The molecule has 4 heteroatoms. The summed E-state index contributed by atoms with van der Waals surface area (Å²) in [6, 6.07) is 7.89. The first-order valence-electron chi connectivity index (χ1n) is 4.10. The molecule has 2 rings (SSSR count). The van der Waals surface area contributed by atoms with Crippen LogP contribution in [-0.2, 0) is 0 Å². The number of hydrogen-bond acceptors (Lipinski definition) is 3. The number of fused-ring (bicyclic) bond motifs is 1. The fourth-order valence-corrected chi connectivity index (χ4v) is 1.86. The highest BCUT2D eigenvalue weighted by Crippen LogP contribution is 2.25. The van der Waals surface area contributed by atoms with Gasteiger partial charge >= 0.3 is 0 Å². The first kappa shape index (κ1) is 9.62. The maximum Gasteiger partial charge on any atom is 0.142 e. The first-order valence-corrected chi connectivity index (χ1v) is 5.71. The lowest BCUT2D eigenvalue weighted by molar-refractivity contribution is 1.38. The maximum atomic E-state index is 5.87. The molecule has 0 saturated heterocycles. The summed E-state index contributed by atoms with van der Waals surface area (Å²) in [5, 5.41) is 1.52. The van der Waals surface area contributed by atoms with Crippen molar-refractivity contribution < 1.29 is 0 Å². The Morgan fingerprint density at radius 1 is 1.36 bits per heavy atom. The largest absolute Gasteiger partial charge is 0.382 e. The number of nitrogen functional groups attached to an aromatic ring is 1. The van der Waals surface area contributed by atoms with E-state index in [1.165, 1.54) is 4.90 Å². The molecule has 72 valence electrons. The second kappa shape index (κ2) is 3.67. The van der Waals surface area contributed by atoms with Crippen LogP contribution in [0.3, 0.4) is 0 Å². The van der Waals surface area contributed by atoms with Gasteiger partial charge in [0.15, 0.2) is 0 Å². The smallest absolute Gasteiger partial charge is 0.142 e. The van der Waals surface area contributed by atoms with Gasteiger partial charge in [-0.05, 0) is 24.5 Å². The normalized spacial score (nSPS) is 10.7. The van der Waals surface area contributed by atoms with Crippen LogP contribution in [0.15, 0.2) is 29.2 Å². The van der Waals surface area contributed by atoms with Gasteiger partial charge in [-0.1, -0.05) is 17.7 Å². The van der Waals surface area contributed by atoms with E-state index in [1.54, 1.807) is 11.8 Å². The van der Waals surface area contributed by atoms with Gasteiger partial charge in [0.25, 0.3) is 0 Å². The number of halogens is 1. The van der Waals surface area contributed by atoms with Crippen molar-refractivity contribution in [1.82, 2.24) is 4.98 Å². The third-order valence-corrected chi connectivity index (χ3v) is 3.03. The summed E-state index contributed by atoms with van der Waals surface area (Å²) in [6.07, 6.45) is 2.03. The Morgan fingerprint density at radius 3 is 2.86 bits per heavy atom. The summed E-state index contributed by atoms with van der Waals surface area (Å²) in [5.41, 5.74) is 6.52. The Kier molecular flexibility index (Phi) is 2.52.